The van der Waals surface area contributed by atoms with Gasteiger partial charge in [0.15, 0.2) is 11.6 Å². The Bertz CT molecular complexity index is 766. The van der Waals surface area contributed by atoms with Gasteiger partial charge in [-0.15, -0.1) is 0 Å². The molecule has 0 saturated heterocycles. The first kappa shape index (κ1) is 17.8. The molecule has 2 bridgehead atoms. The highest BCUT2D eigenvalue weighted by atomic mass is 16.5. The molecule has 2 fully saturated rings. The van der Waals surface area contributed by atoms with E-state index in [1.54, 1.807) is 38.5 Å². The average molecular weight is 364 g/mol. The second-order valence-electron chi connectivity index (χ2n) is 7.57. The molecule has 2 aliphatic carbocycles. The molecule has 4 nitrogen and oxygen atoms in total. The van der Waals surface area contributed by atoms with Crippen LogP contribution in [-0.2, 0) is 0 Å². The van der Waals surface area contributed by atoms with Crippen molar-refractivity contribution in [2.75, 3.05) is 14.2 Å². The van der Waals surface area contributed by atoms with E-state index < -0.39 is 0 Å². The van der Waals surface area contributed by atoms with Crippen molar-refractivity contribution in [1.82, 2.24) is 0 Å². The summed E-state index contributed by atoms with van der Waals surface area (Å²) in [7, 11) is 3.21. The standard InChI is InChI=1S/C23H24O4/c1-26-18-9-5-14(6-10-18)22(24)20-16-3-4-17(13-16)21(20)23(25)15-7-11-19(27-2)12-8-15/h5-12,16-17,20-21H,3-4,13H2,1-2H3/t16-,17+,20+,21-. The number of ketones is 2. The van der Waals surface area contributed by atoms with E-state index in [9.17, 15) is 9.59 Å². The van der Waals surface area contributed by atoms with Gasteiger partial charge in [-0.3, -0.25) is 9.59 Å². The number of fused-ring (bicyclic) bond motifs is 2. The summed E-state index contributed by atoms with van der Waals surface area (Å²) >= 11 is 0. The summed E-state index contributed by atoms with van der Waals surface area (Å²) in [6.07, 6.45) is 3.08. The number of benzene rings is 2. The summed E-state index contributed by atoms with van der Waals surface area (Å²) in [5.41, 5.74) is 1.33. The summed E-state index contributed by atoms with van der Waals surface area (Å²) in [5, 5.41) is 0. The van der Waals surface area contributed by atoms with E-state index in [-0.39, 0.29) is 23.4 Å². The maximum Gasteiger partial charge on any atom is 0.166 e. The highest BCUT2D eigenvalue weighted by Gasteiger charge is 2.53. The quantitative estimate of drug-likeness (QED) is 0.712. The summed E-state index contributed by atoms with van der Waals surface area (Å²) in [4.78, 5) is 26.5. The fourth-order valence-corrected chi connectivity index (χ4v) is 4.94. The Labute approximate surface area is 159 Å². The Morgan fingerprint density at radius 1 is 0.704 bits per heavy atom. The second kappa shape index (κ2) is 7.18. The van der Waals surface area contributed by atoms with Gasteiger partial charge in [0.2, 0.25) is 0 Å². The van der Waals surface area contributed by atoms with Gasteiger partial charge in [0.05, 0.1) is 14.2 Å². The minimum absolute atomic E-state index is 0.0942. The van der Waals surface area contributed by atoms with Crippen LogP contribution in [0.15, 0.2) is 48.5 Å². The van der Waals surface area contributed by atoms with Crippen molar-refractivity contribution in [3.63, 3.8) is 0 Å². The first-order valence-electron chi connectivity index (χ1n) is 9.49. The van der Waals surface area contributed by atoms with Crippen molar-refractivity contribution in [2.24, 2.45) is 23.7 Å². The second-order valence-corrected chi connectivity index (χ2v) is 7.57. The lowest BCUT2D eigenvalue weighted by Crippen LogP contribution is -2.35. The summed E-state index contributed by atoms with van der Waals surface area (Å²) in [6, 6.07) is 14.5. The van der Waals surface area contributed by atoms with Crippen LogP contribution >= 0.6 is 0 Å². The first-order chi connectivity index (χ1) is 13.1. The molecular weight excluding hydrogens is 340 g/mol. The van der Waals surface area contributed by atoms with E-state index in [1.165, 1.54) is 0 Å². The van der Waals surface area contributed by atoms with E-state index in [1.807, 2.05) is 24.3 Å². The lowest BCUT2D eigenvalue weighted by atomic mass is 9.72. The van der Waals surface area contributed by atoms with E-state index >= 15 is 0 Å². The summed E-state index contributed by atoms with van der Waals surface area (Å²) in [6.45, 7) is 0. The summed E-state index contributed by atoms with van der Waals surface area (Å²) < 4.78 is 10.4. The van der Waals surface area contributed by atoms with Crippen LogP contribution in [-0.4, -0.2) is 25.8 Å². The molecular formula is C23H24O4. The van der Waals surface area contributed by atoms with Gasteiger partial charge < -0.3 is 9.47 Å². The van der Waals surface area contributed by atoms with Gasteiger partial charge in [0.1, 0.15) is 11.5 Å². The van der Waals surface area contributed by atoms with Crippen LogP contribution in [0.25, 0.3) is 0 Å². The van der Waals surface area contributed by atoms with E-state index in [0.717, 1.165) is 30.8 Å². The molecule has 0 aliphatic heterocycles. The van der Waals surface area contributed by atoms with Crippen molar-refractivity contribution in [1.29, 1.82) is 0 Å². The number of methoxy groups -OCH3 is 2. The normalized spacial score (nSPS) is 26.0. The van der Waals surface area contributed by atoms with Gasteiger partial charge in [-0.25, -0.2) is 0 Å². The van der Waals surface area contributed by atoms with Crippen molar-refractivity contribution >= 4 is 11.6 Å². The molecule has 0 unspecified atom stereocenters. The van der Waals surface area contributed by atoms with E-state index in [4.69, 9.17) is 9.47 Å². The van der Waals surface area contributed by atoms with E-state index in [2.05, 4.69) is 0 Å². The molecule has 0 amide bonds. The number of Topliss-reactive ketones (excluding diaryl/α,β-unsaturated/α-hetero) is 2. The molecule has 2 saturated carbocycles. The van der Waals surface area contributed by atoms with Gasteiger partial charge in [0.25, 0.3) is 0 Å². The molecule has 2 aromatic carbocycles. The molecule has 0 aromatic heterocycles. The molecule has 4 heteroatoms. The first-order valence-corrected chi connectivity index (χ1v) is 9.49. The fraction of sp³-hybridized carbons (Fsp3) is 0.391. The zero-order valence-corrected chi connectivity index (χ0v) is 15.7. The smallest absolute Gasteiger partial charge is 0.166 e. The highest BCUT2D eigenvalue weighted by molar-refractivity contribution is 6.05. The predicted molar refractivity (Wildman–Crippen MR) is 102 cm³/mol. The molecule has 27 heavy (non-hydrogen) atoms. The maximum atomic E-state index is 13.3. The average Bonchev–Trinajstić information content (AvgIpc) is 3.34. The number of carbonyl (C=O) groups excluding carboxylic acids is 2. The topological polar surface area (TPSA) is 52.6 Å². The lowest BCUT2D eigenvalue weighted by Gasteiger charge is -2.29. The van der Waals surface area contributed by atoms with Crippen molar-refractivity contribution in [3.8, 4) is 11.5 Å². The van der Waals surface area contributed by atoms with Crippen LogP contribution < -0.4 is 9.47 Å². The molecule has 2 aromatic rings. The maximum absolute atomic E-state index is 13.3. The number of hydrogen-bond acceptors (Lipinski definition) is 4. The molecule has 0 radical (unpaired) electrons. The van der Waals surface area contributed by atoms with Gasteiger partial charge >= 0.3 is 0 Å². The van der Waals surface area contributed by atoms with Crippen LogP contribution in [0, 0.1) is 23.7 Å². The number of carbonyl (C=O) groups is 2. The van der Waals surface area contributed by atoms with Crippen LogP contribution in [0.1, 0.15) is 40.0 Å². The third kappa shape index (κ3) is 3.14. The largest absolute Gasteiger partial charge is 0.497 e. The Balaban J connectivity index is 1.61. The fourth-order valence-electron chi connectivity index (χ4n) is 4.94. The Kier molecular flexibility index (Phi) is 4.73. The predicted octanol–water partition coefficient (Wildman–Crippen LogP) is 4.43. The Morgan fingerprint density at radius 2 is 1.07 bits per heavy atom. The summed E-state index contributed by atoms with van der Waals surface area (Å²) in [5.74, 6) is 1.84. The van der Waals surface area contributed by atoms with Crippen LogP contribution in [0.2, 0.25) is 0 Å². The third-order valence-electron chi connectivity index (χ3n) is 6.27. The van der Waals surface area contributed by atoms with Gasteiger partial charge in [0, 0.05) is 23.0 Å². The Hall–Kier alpha value is -2.62. The van der Waals surface area contributed by atoms with Crippen molar-refractivity contribution < 1.29 is 19.1 Å². The molecule has 4 atom stereocenters. The van der Waals surface area contributed by atoms with Crippen LogP contribution in [0.3, 0.4) is 0 Å². The number of rotatable bonds is 6. The molecule has 0 spiro atoms. The van der Waals surface area contributed by atoms with Crippen LogP contribution in [0.4, 0.5) is 0 Å². The minimum Gasteiger partial charge on any atom is -0.497 e. The number of hydrogen-bond donors (Lipinski definition) is 0. The zero-order chi connectivity index (χ0) is 19.0. The SMILES string of the molecule is COc1ccc(C(=O)[C@@H]2[C@H]3CC[C@H](C3)[C@@H]2C(=O)c2ccc(OC)cc2)cc1. The molecule has 140 valence electrons. The van der Waals surface area contributed by atoms with Crippen LogP contribution in [0.5, 0.6) is 11.5 Å². The lowest BCUT2D eigenvalue weighted by molar-refractivity contribution is 0.0694. The van der Waals surface area contributed by atoms with Gasteiger partial charge in [-0.1, -0.05) is 0 Å². The van der Waals surface area contributed by atoms with Crippen molar-refractivity contribution in [2.45, 2.75) is 19.3 Å². The monoisotopic (exact) mass is 364 g/mol. The van der Waals surface area contributed by atoms with Gasteiger partial charge in [-0.05, 0) is 79.6 Å². The minimum atomic E-state index is -0.216. The van der Waals surface area contributed by atoms with Gasteiger partial charge in [-0.2, -0.15) is 0 Å². The molecule has 4 rings (SSSR count). The molecule has 0 N–H and O–H groups in total. The number of ether oxygens (including phenoxy) is 2. The van der Waals surface area contributed by atoms with E-state index in [0.29, 0.717) is 23.0 Å². The molecule has 2 aliphatic rings. The third-order valence-corrected chi connectivity index (χ3v) is 6.27. The molecule has 0 heterocycles. The Morgan fingerprint density at radius 3 is 1.41 bits per heavy atom. The van der Waals surface area contributed by atoms with Crippen molar-refractivity contribution in [3.05, 3.63) is 59.7 Å². The zero-order valence-electron chi connectivity index (χ0n) is 15.7. The highest BCUT2D eigenvalue weighted by Crippen LogP contribution is 2.54.